The van der Waals surface area contributed by atoms with E-state index in [4.69, 9.17) is 4.74 Å². The molecular formula is C21H19FN2O. The van der Waals surface area contributed by atoms with Crippen LogP contribution in [0.15, 0.2) is 60.8 Å². The van der Waals surface area contributed by atoms with Crippen LogP contribution in [-0.4, -0.2) is 18.6 Å². The molecule has 0 atom stereocenters. The van der Waals surface area contributed by atoms with Crippen LogP contribution in [0.5, 0.6) is 5.75 Å². The molecule has 25 heavy (non-hydrogen) atoms. The number of benzene rings is 2. The summed E-state index contributed by atoms with van der Waals surface area (Å²) >= 11 is 0. The third-order valence-corrected chi connectivity index (χ3v) is 4.66. The van der Waals surface area contributed by atoms with E-state index in [2.05, 4.69) is 40.2 Å². The van der Waals surface area contributed by atoms with Gasteiger partial charge in [0.05, 0.1) is 7.11 Å². The predicted molar refractivity (Wildman–Crippen MR) is 97.4 cm³/mol. The Labute approximate surface area is 146 Å². The van der Waals surface area contributed by atoms with Crippen LogP contribution < -0.4 is 9.64 Å². The van der Waals surface area contributed by atoms with Crippen LogP contribution in [0, 0.1) is 5.95 Å². The molecule has 0 N–H and O–H groups in total. The van der Waals surface area contributed by atoms with Crippen molar-refractivity contribution in [2.45, 2.75) is 13.0 Å². The first-order chi connectivity index (χ1) is 12.2. The van der Waals surface area contributed by atoms with Crippen LogP contribution in [0.4, 0.5) is 10.1 Å². The van der Waals surface area contributed by atoms with Gasteiger partial charge in [0.15, 0.2) is 0 Å². The number of pyridine rings is 1. The predicted octanol–water partition coefficient (Wildman–Crippen LogP) is 4.46. The molecule has 0 amide bonds. The van der Waals surface area contributed by atoms with E-state index in [0.717, 1.165) is 36.4 Å². The maximum atomic E-state index is 13.2. The Hall–Kier alpha value is -2.88. The van der Waals surface area contributed by atoms with Crippen molar-refractivity contribution in [3.63, 3.8) is 0 Å². The normalized spacial score (nSPS) is 13.0. The molecule has 1 aliphatic heterocycles. The van der Waals surface area contributed by atoms with Crippen molar-refractivity contribution in [1.82, 2.24) is 4.98 Å². The van der Waals surface area contributed by atoms with Crippen LogP contribution in [0.25, 0.3) is 11.1 Å². The van der Waals surface area contributed by atoms with Gasteiger partial charge >= 0.3 is 0 Å². The quantitative estimate of drug-likeness (QED) is 0.659. The Morgan fingerprint density at radius 3 is 2.64 bits per heavy atom. The monoisotopic (exact) mass is 334 g/mol. The van der Waals surface area contributed by atoms with Crippen molar-refractivity contribution in [3.8, 4) is 16.9 Å². The summed E-state index contributed by atoms with van der Waals surface area (Å²) in [6, 6.07) is 17.7. The zero-order chi connectivity index (χ0) is 17.2. The molecule has 0 unspecified atom stereocenters. The highest BCUT2D eigenvalue weighted by Gasteiger charge is 2.23. The van der Waals surface area contributed by atoms with Crippen molar-refractivity contribution in [2.75, 3.05) is 18.6 Å². The zero-order valence-electron chi connectivity index (χ0n) is 14.1. The molecule has 1 aliphatic rings. The molecule has 2 heterocycles. The third kappa shape index (κ3) is 3.07. The number of hydrogen-bond donors (Lipinski definition) is 0. The molecule has 0 saturated heterocycles. The molecule has 1 aromatic heterocycles. The minimum absolute atomic E-state index is 0.452. The highest BCUT2D eigenvalue weighted by molar-refractivity contribution is 5.82. The number of ether oxygens (including phenoxy) is 1. The standard InChI is InChI=1S/C21H19FN2O/c1-25-18-8-5-15(6-9-18)14-24-12-11-16-3-2-4-19(21(16)24)17-7-10-20(22)23-13-17/h2-10,13H,11-12,14H2,1H3. The molecule has 3 nitrogen and oxygen atoms in total. The lowest BCUT2D eigenvalue weighted by Crippen LogP contribution is -2.20. The third-order valence-electron chi connectivity index (χ3n) is 4.66. The summed E-state index contributed by atoms with van der Waals surface area (Å²) in [5, 5.41) is 0. The molecule has 0 bridgehead atoms. The summed E-state index contributed by atoms with van der Waals surface area (Å²) in [5.41, 5.74) is 5.85. The Morgan fingerprint density at radius 2 is 1.92 bits per heavy atom. The van der Waals surface area contributed by atoms with E-state index in [9.17, 15) is 4.39 Å². The number of hydrogen-bond acceptors (Lipinski definition) is 3. The number of rotatable bonds is 4. The molecule has 4 rings (SSSR count). The number of methoxy groups -OCH3 is 1. The SMILES string of the molecule is COc1ccc(CN2CCc3cccc(-c4ccc(F)nc4)c32)cc1. The Balaban J connectivity index is 1.67. The molecule has 126 valence electrons. The molecule has 0 fully saturated rings. The lowest BCUT2D eigenvalue weighted by molar-refractivity contribution is 0.414. The lowest BCUT2D eigenvalue weighted by Gasteiger charge is -2.22. The second kappa shape index (κ2) is 6.55. The Bertz CT molecular complexity index is 875. The van der Waals surface area contributed by atoms with E-state index in [-0.39, 0.29) is 0 Å². The largest absolute Gasteiger partial charge is 0.497 e. The fourth-order valence-electron chi connectivity index (χ4n) is 3.41. The zero-order valence-corrected chi connectivity index (χ0v) is 14.1. The van der Waals surface area contributed by atoms with Crippen LogP contribution in [0.1, 0.15) is 11.1 Å². The second-order valence-corrected chi connectivity index (χ2v) is 6.20. The first kappa shape index (κ1) is 15.6. The van der Waals surface area contributed by atoms with Crippen LogP contribution >= 0.6 is 0 Å². The molecule has 4 heteroatoms. The molecular weight excluding hydrogens is 315 g/mol. The molecule has 0 saturated carbocycles. The summed E-state index contributed by atoms with van der Waals surface area (Å²) in [6.07, 6.45) is 2.63. The van der Waals surface area contributed by atoms with Crippen molar-refractivity contribution >= 4 is 5.69 Å². The van der Waals surface area contributed by atoms with Crippen molar-refractivity contribution < 1.29 is 9.13 Å². The average Bonchev–Trinajstić information content (AvgIpc) is 3.06. The number of aromatic nitrogens is 1. The van der Waals surface area contributed by atoms with Crippen molar-refractivity contribution in [1.29, 1.82) is 0 Å². The van der Waals surface area contributed by atoms with E-state index in [1.54, 1.807) is 19.4 Å². The van der Waals surface area contributed by atoms with E-state index in [1.165, 1.54) is 22.9 Å². The lowest BCUT2D eigenvalue weighted by atomic mass is 10.0. The Morgan fingerprint density at radius 1 is 1.08 bits per heavy atom. The van der Waals surface area contributed by atoms with Crippen LogP contribution in [-0.2, 0) is 13.0 Å². The molecule has 0 radical (unpaired) electrons. The van der Waals surface area contributed by atoms with Gasteiger partial charge in [-0.25, -0.2) is 4.98 Å². The van der Waals surface area contributed by atoms with Gasteiger partial charge in [-0.3, -0.25) is 0 Å². The number of anilines is 1. The second-order valence-electron chi connectivity index (χ2n) is 6.20. The minimum atomic E-state index is -0.452. The average molecular weight is 334 g/mol. The van der Waals surface area contributed by atoms with Gasteiger partial charge in [-0.2, -0.15) is 4.39 Å². The highest BCUT2D eigenvalue weighted by Crippen LogP contribution is 2.38. The van der Waals surface area contributed by atoms with Gasteiger partial charge in [0.1, 0.15) is 5.75 Å². The number of fused-ring (bicyclic) bond motifs is 1. The van der Waals surface area contributed by atoms with Gasteiger partial charge in [-0.15, -0.1) is 0 Å². The van der Waals surface area contributed by atoms with E-state index >= 15 is 0 Å². The van der Waals surface area contributed by atoms with Gasteiger partial charge in [0.25, 0.3) is 0 Å². The maximum Gasteiger partial charge on any atom is 0.212 e. The molecule has 0 aliphatic carbocycles. The summed E-state index contributed by atoms with van der Waals surface area (Å²) in [7, 11) is 1.68. The van der Waals surface area contributed by atoms with Crippen molar-refractivity contribution in [3.05, 3.63) is 77.9 Å². The summed E-state index contributed by atoms with van der Waals surface area (Å²) < 4.78 is 18.4. The van der Waals surface area contributed by atoms with Gasteiger partial charge in [-0.1, -0.05) is 30.3 Å². The molecule has 0 spiro atoms. The number of nitrogens with zero attached hydrogens (tertiary/aromatic N) is 2. The van der Waals surface area contributed by atoms with Gasteiger partial charge in [-0.05, 0) is 41.8 Å². The van der Waals surface area contributed by atoms with Crippen LogP contribution in [0.2, 0.25) is 0 Å². The summed E-state index contributed by atoms with van der Waals surface area (Å²) in [6.45, 7) is 1.82. The molecule has 2 aromatic carbocycles. The van der Waals surface area contributed by atoms with E-state index < -0.39 is 5.95 Å². The minimum Gasteiger partial charge on any atom is -0.497 e. The fourth-order valence-corrected chi connectivity index (χ4v) is 3.41. The van der Waals surface area contributed by atoms with Gasteiger partial charge < -0.3 is 9.64 Å². The highest BCUT2D eigenvalue weighted by atomic mass is 19.1. The molecule has 3 aromatic rings. The Kier molecular flexibility index (Phi) is 4.10. The first-order valence-corrected chi connectivity index (χ1v) is 8.36. The smallest absolute Gasteiger partial charge is 0.212 e. The van der Waals surface area contributed by atoms with Gasteiger partial charge in [0, 0.05) is 36.1 Å². The topological polar surface area (TPSA) is 25.4 Å². The van der Waals surface area contributed by atoms with E-state index in [0.29, 0.717) is 0 Å². The van der Waals surface area contributed by atoms with Gasteiger partial charge in [0.2, 0.25) is 5.95 Å². The number of halogens is 1. The van der Waals surface area contributed by atoms with E-state index in [1.807, 2.05) is 12.1 Å². The van der Waals surface area contributed by atoms with Crippen molar-refractivity contribution in [2.24, 2.45) is 0 Å². The maximum absolute atomic E-state index is 13.2. The first-order valence-electron chi connectivity index (χ1n) is 8.36. The summed E-state index contributed by atoms with van der Waals surface area (Å²) in [5.74, 6) is 0.412. The summed E-state index contributed by atoms with van der Waals surface area (Å²) in [4.78, 5) is 6.19. The number of para-hydroxylation sites is 1. The fraction of sp³-hybridized carbons (Fsp3) is 0.190. The van der Waals surface area contributed by atoms with Crippen LogP contribution in [0.3, 0.4) is 0 Å².